The maximum Gasteiger partial charge on any atom is 0.332 e. The van der Waals surface area contributed by atoms with E-state index in [1.807, 2.05) is 18.2 Å². The average molecular weight is 357 g/mol. The molecule has 0 amide bonds. The number of para-hydroxylation sites is 1. The van der Waals surface area contributed by atoms with E-state index in [2.05, 4.69) is 10.4 Å². The average Bonchev–Trinajstić information content (AvgIpc) is 3.07. The van der Waals surface area contributed by atoms with E-state index in [9.17, 15) is 14.9 Å². The minimum Gasteiger partial charge on any atom is -0.338 e. The molecule has 0 bridgehead atoms. The summed E-state index contributed by atoms with van der Waals surface area (Å²) in [7, 11) is 2.80. The van der Waals surface area contributed by atoms with E-state index in [1.54, 1.807) is 23.0 Å². The van der Waals surface area contributed by atoms with Gasteiger partial charge in [0.15, 0.2) is 5.56 Å². The molecular weight excluding hydrogens is 344 g/mol. The minimum absolute atomic E-state index is 0.106. The van der Waals surface area contributed by atoms with Crippen LogP contribution >= 0.6 is 11.6 Å². The van der Waals surface area contributed by atoms with Gasteiger partial charge in [0.2, 0.25) is 0 Å². The number of nitrogens with zero attached hydrogens (tertiary/aromatic N) is 5. The zero-order valence-corrected chi connectivity index (χ0v) is 14.2. The molecule has 25 heavy (non-hydrogen) atoms. The Bertz CT molecular complexity index is 1120. The monoisotopic (exact) mass is 356 g/mol. The highest BCUT2D eigenvalue weighted by Crippen LogP contribution is 2.22. The van der Waals surface area contributed by atoms with Crippen LogP contribution < -0.4 is 16.6 Å². The first-order valence-electron chi connectivity index (χ1n) is 7.20. The Kier molecular flexibility index (Phi) is 4.17. The highest BCUT2D eigenvalue weighted by atomic mass is 35.5. The second-order valence-corrected chi connectivity index (χ2v) is 5.70. The van der Waals surface area contributed by atoms with Crippen molar-refractivity contribution in [2.75, 3.05) is 5.32 Å². The SMILES string of the molecule is Cn1c(Nc2cnn(-c3ccccc3Cl)c2)c(C#N)c(=O)n(C)c1=O. The molecule has 0 aliphatic carbocycles. The van der Waals surface area contributed by atoms with E-state index >= 15 is 0 Å². The number of halogens is 1. The molecule has 0 fully saturated rings. The topological polar surface area (TPSA) is 97.6 Å². The summed E-state index contributed by atoms with van der Waals surface area (Å²) in [6.07, 6.45) is 3.15. The molecule has 1 aromatic carbocycles. The lowest BCUT2D eigenvalue weighted by molar-refractivity contribution is 0.689. The zero-order chi connectivity index (χ0) is 18.1. The first-order chi connectivity index (χ1) is 11.9. The minimum atomic E-state index is -0.661. The van der Waals surface area contributed by atoms with E-state index in [0.29, 0.717) is 16.4 Å². The maximum atomic E-state index is 12.1. The summed E-state index contributed by atoms with van der Waals surface area (Å²) in [6.45, 7) is 0. The predicted molar refractivity (Wildman–Crippen MR) is 93.5 cm³/mol. The highest BCUT2D eigenvalue weighted by Gasteiger charge is 2.16. The molecule has 0 saturated carbocycles. The van der Waals surface area contributed by atoms with Crippen molar-refractivity contribution >= 4 is 23.1 Å². The molecule has 2 aromatic heterocycles. The molecule has 0 unspecified atom stereocenters. The van der Waals surface area contributed by atoms with Crippen LogP contribution in [0.1, 0.15) is 5.56 Å². The summed E-state index contributed by atoms with van der Waals surface area (Å²) in [4.78, 5) is 24.2. The lowest BCUT2D eigenvalue weighted by atomic mass is 10.3. The molecule has 0 aliphatic rings. The lowest BCUT2D eigenvalue weighted by Crippen LogP contribution is -2.39. The predicted octanol–water partition coefficient (Wildman–Crippen LogP) is 1.54. The third-order valence-electron chi connectivity index (χ3n) is 3.72. The molecule has 8 nitrogen and oxygen atoms in total. The van der Waals surface area contributed by atoms with Crippen LogP contribution in [0.4, 0.5) is 11.5 Å². The van der Waals surface area contributed by atoms with Gasteiger partial charge in [0.25, 0.3) is 5.56 Å². The summed E-state index contributed by atoms with van der Waals surface area (Å²) in [5.41, 5.74) is -0.179. The van der Waals surface area contributed by atoms with Gasteiger partial charge in [0.1, 0.15) is 11.9 Å². The van der Waals surface area contributed by atoms with Gasteiger partial charge < -0.3 is 5.32 Å². The second-order valence-electron chi connectivity index (χ2n) is 5.29. The van der Waals surface area contributed by atoms with Crippen LogP contribution in [0.3, 0.4) is 0 Å². The normalized spacial score (nSPS) is 10.5. The number of nitrogens with one attached hydrogen (secondary N) is 1. The third kappa shape index (κ3) is 2.81. The Morgan fingerprint density at radius 1 is 1.20 bits per heavy atom. The van der Waals surface area contributed by atoms with Crippen molar-refractivity contribution in [3.05, 3.63) is 68.1 Å². The fourth-order valence-electron chi connectivity index (χ4n) is 2.38. The number of aromatic nitrogens is 4. The molecule has 9 heteroatoms. The lowest BCUT2D eigenvalue weighted by Gasteiger charge is -2.12. The van der Waals surface area contributed by atoms with Gasteiger partial charge in [-0.15, -0.1) is 0 Å². The fraction of sp³-hybridized carbons (Fsp3) is 0.125. The van der Waals surface area contributed by atoms with Crippen molar-refractivity contribution in [3.8, 4) is 11.8 Å². The molecule has 0 aliphatic heterocycles. The number of benzene rings is 1. The van der Waals surface area contributed by atoms with E-state index in [-0.39, 0.29) is 11.4 Å². The van der Waals surface area contributed by atoms with Crippen molar-refractivity contribution in [1.29, 1.82) is 5.26 Å². The second kappa shape index (κ2) is 6.30. The van der Waals surface area contributed by atoms with Gasteiger partial charge in [0.05, 0.1) is 28.8 Å². The number of rotatable bonds is 3. The van der Waals surface area contributed by atoms with Crippen LogP contribution in [0.15, 0.2) is 46.2 Å². The summed E-state index contributed by atoms with van der Waals surface area (Å²) in [5.74, 6) is 0.106. The van der Waals surface area contributed by atoms with E-state index in [0.717, 1.165) is 4.57 Å². The number of hydrogen-bond acceptors (Lipinski definition) is 5. The van der Waals surface area contributed by atoms with E-state index in [4.69, 9.17) is 11.6 Å². The molecule has 0 saturated heterocycles. The van der Waals surface area contributed by atoms with Crippen LogP contribution in [0.2, 0.25) is 5.02 Å². The van der Waals surface area contributed by atoms with Gasteiger partial charge in [-0.2, -0.15) is 10.4 Å². The fourth-order valence-corrected chi connectivity index (χ4v) is 2.61. The molecule has 2 heterocycles. The molecule has 126 valence electrons. The highest BCUT2D eigenvalue weighted by molar-refractivity contribution is 6.32. The largest absolute Gasteiger partial charge is 0.338 e. The Morgan fingerprint density at radius 3 is 2.60 bits per heavy atom. The van der Waals surface area contributed by atoms with Crippen LogP contribution in [0, 0.1) is 11.3 Å². The summed E-state index contributed by atoms with van der Waals surface area (Å²) in [6, 6.07) is 9.01. The molecule has 0 radical (unpaired) electrons. The maximum absolute atomic E-state index is 12.1. The molecule has 3 rings (SSSR count). The van der Waals surface area contributed by atoms with Gasteiger partial charge in [-0.1, -0.05) is 23.7 Å². The van der Waals surface area contributed by atoms with Crippen LogP contribution in [0.25, 0.3) is 5.69 Å². The van der Waals surface area contributed by atoms with Crippen LogP contribution in [-0.2, 0) is 14.1 Å². The molecular formula is C16H13ClN6O2. The zero-order valence-electron chi connectivity index (χ0n) is 13.4. The van der Waals surface area contributed by atoms with E-state index in [1.165, 1.54) is 24.9 Å². The van der Waals surface area contributed by atoms with Crippen molar-refractivity contribution in [2.45, 2.75) is 0 Å². The quantitative estimate of drug-likeness (QED) is 0.767. The smallest absolute Gasteiger partial charge is 0.332 e. The summed E-state index contributed by atoms with van der Waals surface area (Å²) in [5, 5.41) is 16.9. The molecule has 0 atom stereocenters. The van der Waals surface area contributed by atoms with Crippen molar-refractivity contribution in [3.63, 3.8) is 0 Å². The third-order valence-corrected chi connectivity index (χ3v) is 4.04. The Hall–Kier alpha value is -3.31. The van der Waals surface area contributed by atoms with Gasteiger partial charge in [-0.05, 0) is 12.1 Å². The summed E-state index contributed by atoms with van der Waals surface area (Å²) < 4.78 is 3.64. The number of hydrogen-bond donors (Lipinski definition) is 1. The number of nitriles is 1. The van der Waals surface area contributed by atoms with Gasteiger partial charge in [-0.25, -0.2) is 9.48 Å². The van der Waals surface area contributed by atoms with Gasteiger partial charge in [-0.3, -0.25) is 13.9 Å². The van der Waals surface area contributed by atoms with Gasteiger partial charge >= 0.3 is 5.69 Å². The first-order valence-corrected chi connectivity index (χ1v) is 7.58. The van der Waals surface area contributed by atoms with Crippen molar-refractivity contribution in [1.82, 2.24) is 18.9 Å². The van der Waals surface area contributed by atoms with Crippen molar-refractivity contribution < 1.29 is 0 Å². The summed E-state index contributed by atoms with van der Waals surface area (Å²) >= 11 is 6.15. The van der Waals surface area contributed by atoms with Crippen molar-refractivity contribution in [2.24, 2.45) is 14.1 Å². The Labute approximate surface area is 147 Å². The molecule has 1 N–H and O–H groups in total. The van der Waals surface area contributed by atoms with Gasteiger partial charge in [0, 0.05) is 14.1 Å². The Morgan fingerprint density at radius 2 is 1.92 bits per heavy atom. The van der Waals surface area contributed by atoms with E-state index < -0.39 is 11.2 Å². The van der Waals surface area contributed by atoms with Crippen LogP contribution in [0.5, 0.6) is 0 Å². The first kappa shape index (κ1) is 16.5. The molecule has 3 aromatic rings. The standard InChI is InChI=1S/C16H13ClN6O2/c1-21-14(11(7-18)15(24)22(2)16(21)25)20-10-8-19-23(9-10)13-6-4-3-5-12(13)17/h3-6,8-9,20H,1-2H3. The molecule has 0 spiro atoms. The van der Waals surface area contributed by atoms with Crippen LogP contribution in [-0.4, -0.2) is 18.9 Å². The number of anilines is 2. The Balaban J connectivity index is 2.06.